The Morgan fingerprint density at radius 3 is 2.75 bits per heavy atom. The fourth-order valence-corrected chi connectivity index (χ4v) is 4.41. The molecule has 0 spiro atoms. The van der Waals surface area contributed by atoms with E-state index in [4.69, 9.17) is 0 Å². The van der Waals surface area contributed by atoms with Crippen molar-refractivity contribution in [1.29, 1.82) is 0 Å². The van der Waals surface area contributed by atoms with Crippen molar-refractivity contribution in [3.63, 3.8) is 0 Å². The molecule has 0 bridgehead atoms. The number of rotatable bonds is 4. The minimum absolute atomic E-state index is 0.204. The number of nitrogens with one attached hydrogen (secondary N) is 2. The highest BCUT2D eigenvalue weighted by Crippen LogP contribution is 2.30. The van der Waals surface area contributed by atoms with Crippen molar-refractivity contribution in [2.45, 2.75) is 43.5 Å². The summed E-state index contributed by atoms with van der Waals surface area (Å²) in [5, 5.41) is 4.41. The van der Waals surface area contributed by atoms with Gasteiger partial charge in [0.15, 0.2) is 0 Å². The molecule has 0 unspecified atom stereocenters. The van der Waals surface area contributed by atoms with E-state index in [1.807, 2.05) is 24.3 Å². The lowest BCUT2D eigenvalue weighted by molar-refractivity contribution is 0.464. The van der Waals surface area contributed by atoms with Gasteiger partial charge in [0.2, 0.25) is 5.95 Å². The van der Waals surface area contributed by atoms with Crippen LogP contribution in [-0.2, 0) is 10.0 Å². The second kappa shape index (κ2) is 5.62. The summed E-state index contributed by atoms with van der Waals surface area (Å²) >= 11 is 0. The van der Waals surface area contributed by atoms with E-state index in [0.29, 0.717) is 17.3 Å². The molecule has 0 radical (unpaired) electrons. The molecule has 4 rings (SSSR count). The second-order valence-electron chi connectivity index (χ2n) is 6.21. The number of aryl methyl sites for hydroxylation is 1. The Morgan fingerprint density at radius 1 is 1.25 bits per heavy atom. The lowest BCUT2D eigenvalue weighted by Gasteiger charge is -2.08. The largest absolute Gasteiger partial charge is 0.323 e. The smallest absolute Gasteiger partial charge is 0.267 e. The number of aromatic amines is 1. The molecular formula is C16H19N5O2S. The highest BCUT2D eigenvalue weighted by molar-refractivity contribution is 7.92. The van der Waals surface area contributed by atoms with Crippen molar-refractivity contribution in [3.05, 3.63) is 36.2 Å². The van der Waals surface area contributed by atoms with E-state index in [1.54, 1.807) is 17.8 Å². The molecule has 0 amide bonds. The first-order valence-corrected chi connectivity index (χ1v) is 9.54. The molecule has 1 aliphatic rings. The van der Waals surface area contributed by atoms with E-state index in [9.17, 15) is 8.42 Å². The maximum atomic E-state index is 12.7. The van der Waals surface area contributed by atoms with Gasteiger partial charge in [-0.05, 0) is 31.9 Å². The van der Waals surface area contributed by atoms with Crippen LogP contribution in [0.1, 0.15) is 37.4 Å². The van der Waals surface area contributed by atoms with Gasteiger partial charge in [0, 0.05) is 6.20 Å². The van der Waals surface area contributed by atoms with Crippen LogP contribution < -0.4 is 4.72 Å². The van der Waals surface area contributed by atoms with Crippen LogP contribution in [0.3, 0.4) is 0 Å². The van der Waals surface area contributed by atoms with Crippen LogP contribution >= 0.6 is 0 Å². The van der Waals surface area contributed by atoms with Gasteiger partial charge in [-0.1, -0.05) is 25.0 Å². The zero-order valence-corrected chi connectivity index (χ0v) is 14.2. The Balaban J connectivity index is 1.64. The lowest BCUT2D eigenvalue weighted by Crippen LogP contribution is -2.14. The highest BCUT2D eigenvalue weighted by atomic mass is 32.2. The first-order chi connectivity index (χ1) is 11.5. The lowest BCUT2D eigenvalue weighted by atomic mass is 10.3. The molecule has 0 aliphatic heterocycles. The van der Waals surface area contributed by atoms with Crippen LogP contribution in [0.15, 0.2) is 35.4 Å². The van der Waals surface area contributed by atoms with E-state index in [-0.39, 0.29) is 10.8 Å². The van der Waals surface area contributed by atoms with E-state index >= 15 is 0 Å². The number of hydrogen-bond donors (Lipinski definition) is 2. The van der Waals surface area contributed by atoms with E-state index < -0.39 is 10.0 Å². The Morgan fingerprint density at radius 2 is 2.00 bits per heavy atom. The molecule has 0 saturated heterocycles. The molecule has 2 aromatic heterocycles. The molecule has 8 heteroatoms. The highest BCUT2D eigenvalue weighted by Gasteiger charge is 2.25. The van der Waals surface area contributed by atoms with Gasteiger partial charge in [0.1, 0.15) is 4.90 Å². The molecule has 7 nitrogen and oxygen atoms in total. The number of H-pyrrole nitrogens is 1. The molecule has 1 aliphatic carbocycles. The molecular weight excluding hydrogens is 326 g/mol. The van der Waals surface area contributed by atoms with Gasteiger partial charge in [-0.3, -0.25) is 4.68 Å². The van der Waals surface area contributed by atoms with Crippen molar-refractivity contribution >= 4 is 27.0 Å². The van der Waals surface area contributed by atoms with Gasteiger partial charge in [-0.25, -0.2) is 18.1 Å². The predicted molar refractivity (Wildman–Crippen MR) is 91.4 cm³/mol. The van der Waals surface area contributed by atoms with Gasteiger partial charge in [0.25, 0.3) is 10.0 Å². The van der Waals surface area contributed by atoms with Crippen molar-refractivity contribution in [3.8, 4) is 0 Å². The Labute approximate surface area is 140 Å². The van der Waals surface area contributed by atoms with Crippen LogP contribution in [0.4, 0.5) is 5.95 Å². The molecule has 0 atom stereocenters. The van der Waals surface area contributed by atoms with E-state index in [0.717, 1.165) is 18.4 Å². The van der Waals surface area contributed by atoms with Crippen molar-refractivity contribution < 1.29 is 8.42 Å². The number of nitrogens with zero attached hydrogens (tertiary/aromatic N) is 3. The summed E-state index contributed by atoms with van der Waals surface area (Å²) in [6, 6.07) is 7.71. The van der Waals surface area contributed by atoms with Gasteiger partial charge in [-0.2, -0.15) is 5.10 Å². The standard InChI is InChI=1S/C16H19N5O2S/c1-11-15(10-21(19-11)12-6-2-3-7-12)24(22,23)20-16-17-13-8-4-5-9-14(13)18-16/h4-5,8-10,12H,2-3,6-7H2,1H3,(H2,17,18,20). The molecule has 2 heterocycles. The SMILES string of the molecule is Cc1nn(C2CCCC2)cc1S(=O)(=O)Nc1nc2ccccc2[nH]1. The molecule has 24 heavy (non-hydrogen) atoms. The maximum Gasteiger partial charge on any atom is 0.267 e. The third-order valence-electron chi connectivity index (χ3n) is 4.48. The fraction of sp³-hybridized carbons (Fsp3) is 0.375. The summed E-state index contributed by atoms with van der Waals surface area (Å²) in [5.41, 5.74) is 2.01. The monoisotopic (exact) mass is 345 g/mol. The summed E-state index contributed by atoms with van der Waals surface area (Å²) < 4.78 is 29.7. The summed E-state index contributed by atoms with van der Waals surface area (Å²) in [6.45, 7) is 1.72. The molecule has 1 aromatic carbocycles. The number of anilines is 1. The Kier molecular flexibility index (Phi) is 3.56. The minimum atomic E-state index is -3.73. The third kappa shape index (κ3) is 2.66. The van der Waals surface area contributed by atoms with Crippen molar-refractivity contribution in [2.24, 2.45) is 0 Å². The molecule has 3 aromatic rings. The first-order valence-electron chi connectivity index (χ1n) is 8.06. The average molecular weight is 345 g/mol. The van der Waals surface area contributed by atoms with Crippen molar-refractivity contribution in [1.82, 2.24) is 19.7 Å². The normalized spacial score (nSPS) is 16.0. The van der Waals surface area contributed by atoms with Crippen molar-refractivity contribution in [2.75, 3.05) is 4.72 Å². The van der Waals surface area contributed by atoms with Gasteiger partial charge in [0.05, 0.1) is 22.8 Å². The van der Waals surface area contributed by atoms with E-state index in [2.05, 4.69) is 19.8 Å². The van der Waals surface area contributed by atoms with E-state index in [1.165, 1.54) is 12.8 Å². The van der Waals surface area contributed by atoms with Gasteiger partial charge < -0.3 is 4.98 Å². The number of sulfonamides is 1. The number of imidazole rings is 1. The molecule has 1 saturated carbocycles. The summed E-state index contributed by atoms with van der Waals surface area (Å²) in [5.74, 6) is 0.212. The number of hydrogen-bond acceptors (Lipinski definition) is 4. The summed E-state index contributed by atoms with van der Waals surface area (Å²) in [4.78, 5) is 7.44. The minimum Gasteiger partial charge on any atom is -0.323 e. The number of para-hydroxylation sites is 2. The topological polar surface area (TPSA) is 92.7 Å². The molecule has 126 valence electrons. The number of fused-ring (bicyclic) bond motifs is 1. The second-order valence-corrected chi connectivity index (χ2v) is 7.86. The molecule has 2 N–H and O–H groups in total. The Hall–Kier alpha value is -2.35. The van der Waals surface area contributed by atoms with Crippen LogP contribution in [-0.4, -0.2) is 28.2 Å². The summed E-state index contributed by atoms with van der Waals surface area (Å²) in [7, 11) is -3.73. The Bertz CT molecular complexity index is 950. The zero-order valence-electron chi connectivity index (χ0n) is 13.4. The third-order valence-corrected chi connectivity index (χ3v) is 5.92. The van der Waals surface area contributed by atoms with Crippen LogP contribution in [0, 0.1) is 6.92 Å². The summed E-state index contributed by atoms with van der Waals surface area (Å²) in [6.07, 6.45) is 6.08. The first kappa shape index (κ1) is 15.2. The number of aromatic nitrogens is 4. The van der Waals surface area contributed by atoms with Crippen LogP contribution in [0.5, 0.6) is 0 Å². The average Bonchev–Trinajstić information content (AvgIpc) is 3.24. The fourth-order valence-electron chi connectivity index (χ4n) is 3.27. The molecule has 1 fully saturated rings. The maximum absolute atomic E-state index is 12.7. The van der Waals surface area contributed by atoms with Gasteiger partial charge >= 0.3 is 0 Å². The van der Waals surface area contributed by atoms with Crippen LogP contribution in [0.25, 0.3) is 11.0 Å². The quantitative estimate of drug-likeness (QED) is 0.760. The van der Waals surface area contributed by atoms with Gasteiger partial charge in [-0.15, -0.1) is 0 Å². The zero-order chi connectivity index (χ0) is 16.7. The van der Waals surface area contributed by atoms with Crippen LogP contribution in [0.2, 0.25) is 0 Å². The number of benzene rings is 1. The predicted octanol–water partition coefficient (Wildman–Crippen LogP) is 2.98.